The second-order valence-electron chi connectivity index (χ2n) is 6.68. The van der Waals surface area contributed by atoms with Crippen LogP contribution >= 0.6 is 12.4 Å². The number of nitrogens with zero attached hydrogens (tertiary/aromatic N) is 2. The predicted octanol–water partition coefficient (Wildman–Crippen LogP) is 2.81. The predicted molar refractivity (Wildman–Crippen MR) is 99.3 cm³/mol. The fraction of sp³-hybridized carbons (Fsp3) is 0.529. The highest BCUT2D eigenvalue weighted by Crippen LogP contribution is 2.35. The zero-order valence-electron chi connectivity index (χ0n) is 14.8. The first-order chi connectivity index (χ1) is 11.8. The highest BCUT2D eigenvalue weighted by atomic mass is 35.5. The van der Waals surface area contributed by atoms with Crippen LogP contribution in [0.3, 0.4) is 0 Å². The molecule has 1 aliphatic carbocycles. The van der Waals surface area contributed by atoms with Crippen LogP contribution in [0.4, 0.5) is 0 Å². The number of benzene rings is 1. The molecule has 1 aromatic heterocycles. The molecule has 0 spiro atoms. The van der Waals surface area contributed by atoms with Crippen LogP contribution < -0.4 is 10.5 Å². The summed E-state index contributed by atoms with van der Waals surface area (Å²) in [7, 11) is -1.94. The van der Waals surface area contributed by atoms with Gasteiger partial charge in [0, 0.05) is 5.92 Å². The fourth-order valence-electron chi connectivity index (χ4n) is 3.15. The van der Waals surface area contributed by atoms with Gasteiger partial charge in [-0.15, -0.1) is 12.4 Å². The molecule has 1 fully saturated rings. The van der Waals surface area contributed by atoms with Crippen molar-refractivity contribution in [3.05, 3.63) is 36.0 Å². The van der Waals surface area contributed by atoms with Gasteiger partial charge in [0.1, 0.15) is 5.75 Å². The summed E-state index contributed by atoms with van der Waals surface area (Å²) in [6, 6.07) is 6.32. The quantitative estimate of drug-likeness (QED) is 0.792. The first-order valence-corrected chi connectivity index (χ1v) is 9.99. The van der Waals surface area contributed by atoms with Gasteiger partial charge in [-0.05, 0) is 37.1 Å². The standard InChI is InChI=1S/C17H23N3O4S.ClH/c1-12(11-25(21,22)14-7-5-13(23-2)6-8-14)15-19-16(20-24-15)17(18)9-3-4-10-17;/h5-8,12H,3-4,9-11,18H2,1-2H3;1H. The van der Waals surface area contributed by atoms with Crippen molar-refractivity contribution in [2.24, 2.45) is 5.73 Å². The van der Waals surface area contributed by atoms with E-state index < -0.39 is 21.3 Å². The average molecular weight is 402 g/mol. The van der Waals surface area contributed by atoms with Crippen molar-refractivity contribution in [1.82, 2.24) is 10.1 Å². The van der Waals surface area contributed by atoms with Gasteiger partial charge in [-0.3, -0.25) is 0 Å². The van der Waals surface area contributed by atoms with Crippen LogP contribution in [-0.2, 0) is 15.4 Å². The molecule has 2 N–H and O–H groups in total. The summed E-state index contributed by atoms with van der Waals surface area (Å²) in [6.45, 7) is 1.76. The fourth-order valence-corrected chi connectivity index (χ4v) is 4.69. The van der Waals surface area contributed by atoms with E-state index in [9.17, 15) is 8.42 Å². The first-order valence-electron chi connectivity index (χ1n) is 8.34. The molecule has 1 atom stereocenters. The lowest BCUT2D eigenvalue weighted by molar-refractivity contribution is 0.341. The molecule has 1 unspecified atom stereocenters. The van der Waals surface area contributed by atoms with Crippen LogP contribution in [0.5, 0.6) is 5.75 Å². The molecule has 1 aliphatic rings. The van der Waals surface area contributed by atoms with Gasteiger partial charge >= 0.3 is 0 Å². The lowest BCUT2D eigenvalue weighted by Crippen LogP contribution is -2.34. The summed E-state index contributed by atoms with van der Waals surface area (Å²) in [5.41, 5.74) is 5.78. The van der Waals surface area contributed by atoms with E-state index in [2.05, 4.69) is 10.1 Å². The van der Waals surface area contributed by atoms with E-state index >= 15 is 0 Å². The molecule has 2 aromatic rings. The van der Waals surface area contributed by atoms with E-state index in [1.807, 2.05) is 0 Å². The van der Waals surface area contributed by atoms with Gasteiger partial charge < -0.3 is 15.0 Å². The Labute approximate surface area is 159 Å². The monoisotopic (exact) mass is 401 g/mol. The molecule has 26 heavy (non-hydrogen) atoms. The normalized spacial score (nSPS) is 17.5. The third kappa shape index (κ3) is 4.19. The second-order valence-corrected chi connectivity index (χ2v) is 8.71. The molecule has 1 aromatic carbocycles. The van der Waals surface area contributed by atoms with Gasteiger partial charge in [-0.1, -0.05) is 24.9 Å². The lowest BCUT2D eigenvalue weighted by atomic mass is 9.98. The minimum Gasteiger partial charge on any atom is -0.497 e. The Morgan fingerprint density at radius 1 is 1.27 bits per heavy atom. The van der Waals surface area contributed by atoms with Gasteiger partial charge in [0.15, 0.2) is 15.7 Å². The molecule has 0 radical (unpaired) electrons. The zero-order valence-corrected chi connectivity index (χ0v) is 16.5. The van der Waals surface area contributed by atoms with Crippen LogP contribution in [0, 0.1) is 0 Å². The summed E-state index contributed by atoms with van der Waals surface area (Å²) in [6.07, 6.45) is 3.73. The van der Waals surface area contributed by atoms with E-state index in [1.165, 1.54) is 19.2 Å². The number of sulfone groups is 1. The third-order valence-electron chi connectivity index (χ3n) is 4.69. The van der Waals surface area contributed by atoms with Gasteiger partial charge in [-0.2, -0.15) is 4.98 Å². The van der Waals surface area contributed by atoms with E-state index in [0.29, 0.717) is 17.5 Å². The van der Waals surface area contributed by atoms with Gasteiger partial charge in [0.25, 0.3) is 0 Å². The Balaban J connectivity index is 0.00000243. The molecular weight excluding hydrogens is 378 g/mol. The van der Waals surface area contributed by atoms with Crippen molar-refractivity contribution in [1.29, 1.82) is 0 Å². The Kier molecular flexibility index (Phi) is 6.31. The smallest absolute Gasteiger partial charge is 0.230 e. The Hall–Kier alpha value is -1.64. The maximum Gasteiger partial charge on any atom is 0.230 e. The van der Waals surface area contributed by atoms with Crippen LogP contribution in [0.2, 0.25) is 0 Å². The summed E-state index contributed by atoms with van der Waals surface area (Å²) in [5, 5.41) is 3.99. The van der Waals surface area contributed by atoms with Crippen molar-refractivity contribution >= 4 is 22.2 Å². The van der Waals surface area contributed by atoms with E-state index in [4.69, 9.17) is 15.0 Å². The molecule has 9 heteroatoms. The van der Waals surface area contributed by atoms with Crippen molar-refractivity contribution in [2.45, 2.75) is 49.0 Å². The Morgan fingerprint density at radius 3 is 2.46 bits per heavy atom. The molecule has 3 rings (SSSR count). The average Bonchev–Trinajstić information content (AvgIpc) is 3.24. The molecular formula is C17H24ClN3O4S. The third-order valence-corrected chi connectivity index (χ3v) is 6.62. The van der Waals surface area contributed by atoms with Crippen molar-refractivity contribution in [3.8, 4) is 5.75 Å². The number of hydrogen-bond donors (Lipinski definition) is 1. The highest BCUT2D eigenvalue weighted by molar-refractivity contribution is 7.91. The van der Waals surface area contributed by atoms with E-state index in [0.717, 1.165) is 25.7 Å². The number of hydrogen-bond acceptors (Lipinski definition) is 7. The topological polar surface area (TPSA) is 108 Å². The second kappa shape index (κ2) is 7.94. The van der Waals surface area contributed by atoms with Crippen molar-refractivity contribution in [3.63, 3.8) is 0 Å². The van der Waals surface area contributed by atoms with Gasteiger partial charge in [0.05, 0.1) is 23.3 Å². The molecule has 0 aliphatic heterocycles. The van der Waals surface area contributed by atoms with Crippen molar-refractivity contribution in [2.75, 3.05) is 12.9 Å². The lowest BCUT2D eigenvalue weighted by Gasteiger charge is -2.17. The van der Waals surface area contributed by atoms with Crippen LogP contribution in [-0.4, -0.2) is 31.4 Å². The number of aromatic nitrogens is 2. The molecule has 0 bridgehead atoms. The molecule has 0 saturated heterocycles. The Morgan fingerprint density at radius 2 is 1.88 bits per heavy atom. The van der Waals surface area contributed by atoms with Gasteiger partial charge in [-0.25, -0.2) is 8.42 Å². The highest BCUT2D eigenvalue weighted by Gasteiger charge is 2.36. The minimum absolute atomic E-state index is 0. The summed E-state index contributed by atoms with van der Waals surface area (Å²) in [5.74, 6) is 0.868. The minimum atomic E-state index is -3.47. The summed E-state index contributed by atoms with van der Waals surface area (Å²) < 4.78 is 35.5. The molecule has 144 valence electrons. The number of rotatable bonds is 6. The van der Waals surface area contributed by atoms with Crippen LogP contribution in [0.15, 0.2) is 33.7 Å². The SMILES string of the molecule is COc1ccc(S(=O)(=O)CC(C)c2nc(C3(N)CCCC3)no2)cc1.Cl. The largest absolute Gasteiger partial charge is 0.497 e. The summed E-state index contributed by atoms with van der Waals surface area (Å²) >= 11 is 0. The van der Waals surface area contributed by atoms with Crippen molar-refractivity contribution < 1.29 is 17.7 Å². The number of nitrogens with two attached hydrogens (primary N) is 1. The van der Waals surface area contributed by atoms with Crippen LogP contribution in [0.25, 0.3) is 0 Å². The molecule has 1 heterocycles. The zero-order chi connectivity index (χ0) is 18.1. The first kappa shape index (κ1) is 20.7. The van der Waals surface area contributed by atoms with Crippen LogP contribution in [0.1, 0.15) is 50.2 Å². The molecule has 1 saturated carbocycles. The number of ether oxygens (including phenoxy) is 1. The summed E-state index contributed by atoms with van der Waals surface area (Å²) in [4.78, 5) is 4.62. The van der Waals surface area contributed by atoms with E-state index in [1.54, 1.807) is 19.1 Å². The van der Waals surface area contributed by atoms with E-state index in [-0.39, 0.29) is 23.1 Å². The number of methoxy groups -OCH3 is 1. The maximum absolute atomic E-state index is 12.6. The maximum atomic E-state index is 12.6. The molecule has 0 amide bonds. The Bertz CT molecular complexity index is 830. The molecule has 7 nitrogen and oxygen atoms in total. The van der Waals surface area contributed by atoms with Gasteiger partial charge in [0.2, 0.25) is 5.89 Å². The number of halogens is 1.